The maximum Gasteiger partial charge on any atom is 0.112 e. The second kappa shape index (κ2) is 3.84. The molecule has 3 unspecified atom stereocenters. The summed E-state index contributed by atoms with van der Waals surface area (Å²) in [5.41, 5.74) is 1.22. The van der Waals surface area contributed by atoms with Gasteiger partial charge in [-0.1, -0.05) is 30.3 Å². The monoisotopic (exact) mass is 220 g/mol. The minimum Gasteiger partial charge on any atom is -0.376 e. The van der Waals surface area contributed by atoms with Crippen LogP contribution >= 0.6 is 0 Å². The quantitative estimate of drug-likeness (QED) is 0.711. The molecule has 2 fully saturated rings. The maximum atomic E-state index is 5.59. The summed E-state index contributed by atoms with van der Waals surface area (Å²) < 4.78 is 16.4. The van der Waals surface area contributed by atoms with Gasteiger partial charge in [-0.05, 0) is 12.5 Å². The van der Waals surface area contributed by atoms with Gasteiger partial charge in [-0.2, -0.15) is 0 Å². The fraction of sp³-hybridized carbons (Fsp3) is 0.538. The molecule has 2 saturated heterocycles. The number of hydrogen-bond donors (Lipinski definition) is 0. The summed E-state index contributed by atoms with van der Waals surface area (Å²) in [5, 5.41) is 0. The third-order valence-electron chi connectivity index (χ3n) is 3.04. The minimum atomic E-state index is -0.0167. The van der Waals surface area contributed by atoms with Crippen LogP contribution in [0.25, 0.3) is 0 Å². The highest BCUT2D eigenvalue weighted by atomic mass is 16.6. The van der Waals surface area contributed by atoms with Crippen LogP contribution in [0.4, 0.5) is 0 Å². The molecule has 3 heteroatoms. The van der Waals surface area contributed by atoms with Gasteiger partial charge >= 0.3 is 0 Å². The van der Waals surface area contributed by atoms with Crippen molar-refractivity contribution in [2.75, 3.05) is 19.8 Å². The van der Waals surface area contributed by atoms with Crippen molar-refractivity contribution >= 4 is 0 Å². The first-order valence-corrected chi connectivity index (χ1v) is 5.69. The molecule has 86 valence electrons. The molecule has 0 saturated carbocycles. The number of epoxide rings is 2. The zero-order valence-corrected chi connectivity index (χ0v) is 9.39. The summed E-state index contributed by atoms with van der Waals surface area (Å²) in [5.74, 6) is 0. The predicted molar refractivity (Wildman–Crippen MR) is 59.2 cm³/mol. The van der Waals surface area contributed by atoms with Crippen LogP contribution in [0.1, 0.15) is 18.6 Å². The molecule has 0 amide bonds. The molecule has 2 aliphatic heterocycles. The summed E-state index contributed by atoms with van der Waals surface area (Å²) in [6.07, 6.45) is 0.457. The molecule has 16 heavy (non-hydrogen) atoms. The van der Waals surface area contributed by atoms with Crippen LogP contribution in [-0.2, 0) is 14.2 Å². The van der Waals surface area contributed by atoms with Crippen LogP contribution in [0.5, 0.6) is 0 Å². The lowest BCUT2D eigenvalue weighted by molar-refractivity contribution is 0.0742. The Bertz CT molecular complexity index is 359. The standard InChI is InChI=1S/C13H16O3/c1-13(9-15-13)8-14-7-11-12(16-11)10-5-3-2-4-6-10/h2-6,11-12H,7-9H2,1H3. The van der Waals surface area contributed by atoms with Crippen molar-refractivity contribution in [3.05, 3.63) is 35.9 Å². The second-order valence-corrected chi connectivity index (χ2v) is 4.76. The lowest BCUT2D eigenvalue weighted by Gasteiger charge is -2.04. The van der Waals surface area contributed by atoms with Gasteiger partial charge in [-0.15, -0.1) is 0 Å². The van der Waals surface area contributed by atoms with Crippen LogP contribution in [0.15, 0.2) is 30.3 Å². The van der Waals surface area contributed by atoms with Gasteiger partial charge in [0.2, 0.25) is 0 Å². The van der Waals surface area contributed by atoms with Gasteiger partial charge in [0.1, 0.15) is 17.8 Å². The van der Waals surface area contributed by atoms with Crippen molar-refractivity contribution in [1.29, 1.82) is 0 Å². The highest BCUT2D eigenvalue weighted by Gasteiger charge is 2.43. The average Bonchev–Trinajstić information content (AvgIpc) is 3.19. The summed E-state index contributed by atoms with van der Waals surface area (Å²) in [6, 6.07) is 10.3. The van der Waals surface area contributed by atoms with Crippen molar-refractivity contribution < 1.29 is 14.2 Å². The molecule has 1 aromatic rings. The van der Waals surface area contributed by atoms with Gasteiger partial charge in [0, 0.05) is 0 Å². The van der Waals surface area contributed by atoms with Crippen LogP contribution in [0.2, 0.25) is 0 Å². The van der Waals surface area contributed by atoms with Gasteiger partial charge in [-0.25, -0.2) is 0 Å². The third-order valence-corrected chi connectivity index (χ3v) is 3.04. The molecule has 3 rings (SSSR count). The van der Waals surface area contributed by atoms with Crippen molar-refractivity contribution in [1.82, 2.24) is 0 Å². The first-order valence-electron chi connectivity index (χ1n) is 5.69. The average molecular weight is 220 g/mol. The van der Waals surface area contributed by atoms with E-state index in [0.29, 0.717) is 13.2 Å². The highest BCUT2D eigenvalue weighted by Crippen LogP contribution is 2.38. The molecule has 0 spiro atoms. The zero-order valence-electron chi connectivity index (χ0n) is 9.39. The molecule has 0 aliphatic carbocycles. The SMILES string of the molecule is CC1(COCC2OC2c2ccccc2)CO1. The number of benzene rings is 1. The van der Waals surface area contributed by atoms with Crippen LogP contribution in [0, 0.1) is 0 Å². The van der Waals surface area contributed by atoms with Gasteiger partial charge < -0.3 is 14.2 Å². The molecular weight excluding hydrogens is 204 g/mol. The molecule has 2 aliphatic rings. The van der Waals surface area contributed by atoms with E-state index < -0.39 is 0 Å². The van der Waals surface area contributed by atoms with Crippen LogP contribution < -0.4 is 0 Å². The van der Waals surface area contributed by atoms with E-state index in [0.717, 1.165) is 6.61 Å². The Morgan fingerprint density at radius 3 is 2.81 bits per heavy atom. The van der Waals surface area contributed by atoms with Crippen LogP contribution in [0.3, 0.4) is 0 Å². The Morgan fingerprint density at radius 2 is 2.12 bits per heavy atom. The topological polar surface area (TPSA) is 34.3 Å². The molecular formula is C13H16O3. The minimum absolute atomic E-state index is 0.0167. The van der Waals surface area contributed by atoms with Crippen LogP contribution in [-0.4, -0.2) is 31.5 Å². The van der Waals surface area contributed by atoms with Crippen molar-refractivity contribution in [3.8, 4) is 0 Å². The van der Waals surface area contributed by atoms with E-state index in [9.17, 15) is 0 Å². The fourth-order valence-corrected chi connectivity index (χ4v) is 1.80. The molecule has 3 atom stereocenters. The largest absolute Gasteiger partial charge is 0.376 e. The fourth-order valence-electron chi connectivity index (χ4n) is 1.80. The van der Waals surface area contributed by atoms with Crippen molar-refractivity contribution in [2.24, 2.45) is 0 Å². The number of hydrogen-bond acceptors (Lipinski definition) is 3. The normalized spacial score (nSPS) is 36.1. The lowest BCUT2D eigenvalue weighted by Crippen LogP contribution is -2.16. The van der Waals surface area contributed by atoms with E-state index in [4.69, 9.17) is 14.2 Å². The van der Waals surface area contributed by atoms with Crippen molar-refractivity contribution in [2.45, 2.75) is 24.7 Å². The van der Waals surface area contributed by atoms with E-state index >= 15 is 0 Å². The smallest absolute Gasteiger partial charge is 0.112 e. The Morgan fingerprint density at radius 1 is 1.38 bits per heavy atom. The first-order chi connectivity index (χ1) is 7.77. The van der Waals surface area contributed by atoms with E-state index in [-0.39, 0.29) is 17.8 Å². The lowest BCUT2D eigenvalue weighted by atomic mass is 10.1. The third kappa shape index (κ3) is 2.26. The Labute approximate surface area is 95.3 Å². The molecule has 0 N–H and O–H groups in total. The predicted octanol–water partition coefficient (Wildman–Crippen LogP) is 1.93. The van der Waals surface area contributed by atoms with Crippen molar-refractivity contribution in [3.63, 3.8) is 0 Å². The molecule has 0 radical (unpaired) electrons. The molecule has 2 heterocycles. The van der Waals surface area contributed by atoms with E-state index in [1.807, 2.05) is 18.2 Å². The summed E-state index contributed by atoms with van der Waals surface area (Å²) in [6.45, 7) is 4.23. The Hall–Kier alpha value is -0.900. The Balaban J connectivity index is 1.43. The molecule has 1 aromatic carbocycles. The number of rotatable bonds is 5. The van der Waals surface area contributed by atoms with Gasteiger partial charge in [0.25, 0.3) is 0 Å². The van der Waals surface area contributed by atoms with Gasteiger partial charge in [0.15, 0.2) is 0 Å². The zero-order chi connectivity index (χ0) is 11.0. The highest BCUT2D eigenvalue weighted by molar-refractivity contribution is 5.22. The van der Waals surface area contributed by atoms with E-state index in [1.165, 1.54) is 5.56 Å². The van der Waals surface area contributed by atoms with E-state index in [1.54, 1.807) is 0 Å². The Kier molecular flexibility index (Phi) is 2.46. The second-order valence-electron chi connectivity index (χ2n) is 4.76. The van der Waals surface area contributed by atoms with E-state index in [2.05, 4.69) is 19.1 Å². The molecule has 3 nitrogen and oxygen atoms in total. The summed E-state index contributed by atoms with van der Waals surface area (Å²) in [4.78, 5) is 0. The van der Waals surface area contributed by atoms with Gasteiger partial charge in [-0.3, -0.25) is 0 Å². The molecule has 0 bridgehead atoms. The first kappa shape index (κ1) is 10.3. The van der Waals surface area contributed by atoms with Gasteiger partial charge in [0.05, 0.1) is 19.8 Å². The summed E-state index contributed by atoms with van der Waals surface area (Å²) in [7, 11) is 0. The number of ether oxygens (including phenoxy) is 3. The summed E-state index contributed by atoms with van der Waals surface area (Å²) >= 11 is 0. The maximum absolute atomic E-state index is 5.59. The molecule has 0 aromatic heterocycles.